The van der Waals surface area contributed by atoms with E-state index in [9.17, 15) is 4.79 Å². The summed E-state index contributed by atoms with van der Waals surface area (Å²) in [4.78, 5) is 21.0. The maximum absolute atomic E-state index is 13.7. The number of nitrogens with zero attached hydrogens (tertiary/aromatic N) is 3. The molecule has 4 nitrogen and oxygen atoms in total. The number of piperazine rings is 1. The fraction of sp³-hybridized carbons (Fsp3) is 0.519. The van der Waals surface area contributed by atoms with Crippen molar-refractivity contribution in [3.63, 3.8) is 0 Å². The lowest BCUT2D eigenvalue weighted by atomic mass is 9.86. The zero-order valence-electron chi connectivity index (χ0n) is 18.6. The maximum atomic E-state index is 13.7. The summed E-state index contributed by atoms with van der Waals surface area (Å²) < 4.78 is 0. The quantitative estimate of drug-likeness (QED) is 0.719. The molecular weight excluding hydrogens is 382 g/mol. The molecule has 0 aromatic heterocycles. The average molecular weight is 418 g/mol. The van der Waals surface area contributed by atoms with Gasteiger partial charge in [0.25, 0.3) is 0 Å². The van der Waals surface area contributed by atoms with Gasteiger partial charge < -0.3 is 9.80 Å². The van der Waals surface area contributed by atoms with Crippen LogP contribution in [-0.2, 0) is 11.2 Å². The number of carbonyl (C=O) groups excluding carboxylic acids is 1. The normalized spacial score (nSPS) is 22.9. The Morgan fingerprint density at radius 2 is 1.52 bits per heavy atom. The highest BCUT2D eigenvalue weighted by molar-refractivity contribution is 5.97. The minimum absolute atomic E-state index is 0.220. The van der Waals surface area contributed by atoms with Crippen molar-refractivity contribution < 1.29 is 4.79 Å². The van der Waals surface area contributed by atoms with Crippen LogP contribution in [0.5, 0.6) is 0 Å². The standard InChI is InChI=1S/C27H35N3O/c31-27(23-10-3-1-4-11-23)30-25(16-15-22-9-7-8-14-26(22)30)21-28-17-19-29(20-18-28)24-12-5-2-6-13-24/h2,5-9,12-14,23,25H,1,3-4,10-11,15-21H2. The molecule has 164 valence electrons. The number of benzene rings is 2. The van der Waals surface area contributed by atoms with E-state index in [1.807, 2.05) is 0 Å². The van der Waals surface area contributed by atoms with Crippen molar-refractivity contribution in [3.05, 3.63) is 60.2 Å². The van der Waals surface area contributed by atoms with E-state index in [1.165, 1.54) is 36.2 Å². The van der Waals surface area contributed by atoms with Crippen molar-refractivity contribution in [2.45, 2.75) is 51.0 Å². The summed E-state index contributed by atoms with van der Waals surface area (Å²) in [7, 11) is 0. The van der Waals surface area contributed by atoms with Crippen LogP contribution >= 0.6 is 0 Å². The van der Waals surface area contributed by atoms with Crippen LogP contribution in [0.1, 0.15) is 44.1 Å². The lowest BCUT2D eigenvalue weighted by Crippen LogP contribution is -2.55. The molecule has 0 bridgehead atoms. The van der Waals surface area contributed by atoms with Gasteiger partial charge in [-0.3, -0.25) is 9.69 Å². The lowest BCUT2D eigenvalue weighted by Gasteiger charge is -2.43. The van der Waals surface area contributed by atoms with Crippen molar-refractivity contribution >= 4 is 17.3 Å². The van der Waals surface area contributed by atoms with Gasteiger partial charge in [0.2, 0.25) is 5.91 Å². The smallest absolute Gasteiger partial charge is 0.230 e. The number of rotatable bonds is 4. The molecule has 1 saturated carbocycles. The Balaban J connectivity index is 1.29. The molecular formula is C27H35N3O. The van der Waals surface area contributed by atoms with Gasteiger partial charge in [0.15, 0.2) is 0 Å². The number of hydrogen-bond donors (Lipinski definition) is 0. The van der Waals surface area contributed by atoms with Gasteiger partial charge in [0.1, 0.15) is 0 Å². The van der Waals surface area contributed by atoms with Crippen LogP contribution in [0.3, 0.4) is 0 Å². The van der Waals surface area contributed by atoms with Gasteiger partial charge in [-0.15, -0.1) is 0 Å². The largest absolute Gasteiger partial charge is 0.369 e. The molecule has 1 aliphatic carbocycles. The van der Waals surface area contributed by atoms with Crippen molar-refractivity contribution in [2.24, 2.45) is 5.92 Å². The van der Waals surface area contributed by atoms with Crippen LogP contribution in [0.2, 0.25) is 0 Å². The highest BCUT2D eigenvalue weighted by Crippen LogP contribution is 2.35. The monoisotopic (exact) mass is 417 g/mol. The minimum Gasteiger partial charge on any atom is -0.369 e. The van der Waals surface area contributed by atoms with E-state index in [-0.39, 0.29) is 5.92 Å². The number of anilines is 2. The van der Waals surface area contributed by atoms with E-state index in [1.54, 1.807) is 0 Å². The SMILES string of the molecule is O=C(C1CCCCC1)N1c2ccccc2CCC1CN1CCN(c2ccccc2)CC1. The zero-order chi connectivity index (χ0) is 21.0. The van der Waals surface area contributed by atoms with E-state index < -0.39 is 0 Å². The van der Waals surface area contributed by atoms with Crippen molar-refractivity contribution in [2.75, 3.05) is 42.5 Å². The molecule has 1 atom stereocenters. The van der Waals surface area contributed by atoms with E-state index in [0.29, 0.717) is 11.9 Å². The van der Waals surface area contributed by atoms with Gasteiger partial charge in [0, 0.05) is 56.1 Å². The summed E-state index contributed by atoms with van der Waals surface area (Å²) in [6.45, 7) is 5.25. The van der Waals surface area contributed by atoms with Gasteiger partial charge in [-0.2, -0.15) is 0 Å². The van der Waals surface area contributed by atoms with Crippen molar-refractivity contribution in [1.29, 1.82) is 0 Å². The van der Waals surface area contributed by atoms with E-state index in [0.717, 1.165) is 58.4 Å². The molecule has 4 heteroatoms. The second-order valence-electron chi connectivity index (χ2n) is 9.49. The fourth-order valence-electron chi connectivity index (χ4n) is 5.75. The zero-order valence-corrected chi connectivity index (χ0v) is 18.6. The van der Waals surface area contributed by atoms with E-state index in [4.69, 9.17) is 0 Å². The van der Waals surface area contributed by atoms with Crippen LogP contribution in [0.25, 0.3) is 0 Å². The van der Waals surface area contributed by atoms with Crippen molar-refractivity contribution in [1.82, 2.24) is 4.90 Å². The minimum atomic E-state index is 0.220. The number of hydrogen-bond acceptors (Lipinski definition) is 3. The van der Waals surface area contributed by atoms with E-state index >= 15 is 0 Å². The summed E-state index contributed by atoms with van der Waals surface area (Å²) in [5.74, 6) is 0.608. The fourth-order valence-corrected chi connectivity index (χ4v) is 5.75. The molecule has 1 saturated heterocycles. The van der Waals surface area contributed by atoms with Crippen molar-refractivity contribution in [3.8, 4) is 0 Å². The van der Waals surface area contributed by atoms with Gasteiger partial charge >= 0.3 is 0 Å². The molecule has 3 aliphatic rings. The van der Waals surface area contributed by atoms with Gasteiger partial charge in [-0.1, -0.05) is 55.7 Å². The Morgan fingerprint density at radius 3 is 2.29 bits per heavy atom. The average Bonchev–Trinajstić information content (AvgIpc) is 2.85. The predicted molar refractivity (Wildman–Crippen MR) is 128 cm³/mol. The van der Waals surface area contributed by atoms with Crippen LogP contribution in [0.4, 0.5) is 11.4 Å². The Bertz CT molecular complexity index is 869. The third kappa shape index (κ3) is 4.50. The van der Waals surface area contributed by atoms with Gasteiger partial charge in [0.05, 0.1) is 0 Å². The molecule has 2 aromatic carbocycles. The Morgan fingerprint density at radius 1 is 0.806 bits per heavy atom. The summed E-state index contributed by atoms with van der Waals surface area (Å²) in [5.41, 5.74) is 3.84. The highest BCUT2D eigenvalue weighted by Gasteiger charge is 2.36. The van der Waals surface area contributed by atoms with Crippen LogP contribution in [-0.4, -0.2) is 49.6 Å². The topological polar surface area (TPSA) is 26.8 Å². The lowest BCUT2D eigenvalue weighted by molar-refractivity contribution is -0.124. The second kappa shape index (κ2) is 9.44. The predicted octanol–water partition coefficient (Wildman–Crippen LogP) is 4.74. The first-order valence-electron chi connectivity index (χ1n) is 12.2. The summed E-state index contributed by atoms with van der Waals surface area (Å²) in [5, 5.41) is 0. The van der Waals surface area contributed by atoms with E-state index in [2.05, 4.69) is 69.3 Å². The van der Waals surface area contributed by atoms with Crippen LogP contribution in [0, 0.1) is 5.92 Å². The number of carbonyl (C=O) groups is 1. The summed E-state index contributed by atoms with van der Waals surface area (Å²) in [6, 6.07) is 19.6. The van der Waals surface area contributed by atoms with Crippen LogP contribution < -0.4 is 9.80 Å². The molecule has 0 spiro atoms. The first kappa shape index (κ1) is 20.6. The second-order valence-corrected chi connectivity index (χ2v) is 9.49. The molecule has 0 N–H and O–H groups in total. The molecule has 0 radical (unpaired) electrons. The molecule has 2 aliphatic heterocycles. The first-order chi connectivity index (χ1) is 15.3. The number of fused-ring (bicyclic) bond motifs is 1. The molecule has 31 heavy (non-hydrogen) atoms. The van der Waals surface area contributed by atoms with Crippen LogP contribution in [0.15, 0.2) is 54.6 Å². The highest BCUT2D eigenvalue weighted by atomic mass is 16.2. The third-order valence-electron chi connectivity index (χ3n) is 7.52. The summed E-state index contributed by atoms with van der Waals surface area (Å²) in [6.07, 6.45) is 8.00. The number of aryl methyl sites for hydroxylation is 1. The number of para-hydroxylation sites is 2. The molecule has 1 amide bonds. The summed E-state index contributed by atoms with van der Waals surface area (Å²) >= 11 is 0. The van der Waals surface area contributed by atoms with Gasteiger partial charge in [-0.25, -0.2) is 0 Å². The molecule has 2 aromatic rings. The third-order valence-corrected chi connectivity index (χ3v) is 7.52. The molecule has 5 rings (SSSR count). The molecule has 1 unspecified atom stereocenters. The Kier molecular flexibility index (Phi) is 6.26. The maximum Gasteiger partial charge on any atom is 0.230 e. The Labute approximate surface area is 186 Å². The van der Waals surface area contributed by atoms with Gasteiger partial charge in [-0.05, 0) is 49.4 Å². The molecule has 2 heterocycles. The first-order valence-corrected chi connectivity index (χ1v) is 12.2. The molecule has 2 fully saturated rings. The Hall–Kier alpha value is -2.33. The number of amides is 1.